The number of carbonyl (C=O) groups is 7. The maximum absolute atomic E-state index is 12.7. The molecule has 0 bridgehead atoms. The summed E-state index contributed by atoms with van der Waals surface area (Å²) in [5.41, 5.74) is 8.72. The molecule has 8 aliphatic rings. The Bertz CT molecular complexity index is 4870. The second kappa shape index (κ2) is 54.7. The summed E-state index contributed by atoms with van der Waals surface area (Å²) in [5, 5.41) is 0.695. The molecule has 7 aromatic carbocycles. The molecular formula is C104H109BrClFO23. The van der Waals surface area contributed by atoms with E-state index >= 15 is 0 Å². The number of hydrogen-bond acceptors (Lipinski definition) is 23. The maximum Gasteiger partial charge on any atom is 0.334 e. The van der Waals surface area contributed by atoms with Gasteiger partial charge in [0.1, 0.15) is 102 Å². The number of rotatable bonds is 26. The van der Waals surface area contributed by atoms with Gasteiger partial charge in [-0.15, -0.1) is 0 Å². The monoisotopic (exact) mass is 1860 g/mol. The van der Waals surface area contributed by atoms with Crippen LogP contribution in [-0.2, 0) is 113 Å². The van der Waals surface area contributed by atoms with Crippen molar-refractivity contribution < 1.29 is 114 Å². The first-order valence-corrected chi connectivity index (χ1v) is 43.7. The minimum absolute atomic E-state index is 0.0652. The highest BCUT2D eigenvalue weighted by molar-refractivity contribution is 9.10. The van der Waals surface area contributed by atoms with Gasteiger partial charge < -0.3 is 75.8 Å². The van der Waals surface area contributed by atoms with Crippen LogP contribution in [-0.4, -0.2) is 146 Å². The largest absolute Gasteiger partial charge is 0.501 e. The van der Waals surface area contributed by atoms with Gasteiger partial charge in [0, 0.05) is 54.4 Å². The van der Waals surface area contributed by atoms with E-state index in [0.29, 0.717) is 105 Å². The van der Waals surface area contributed by atoms with E-state index in [-0.39, 0.29) is 84.4 Å². The van der Waals surface area contributed by atoms with Crippen LogP contribution in [0.2, 0.25) is 5.02 Å². The lowest BCUT2D eigenvalue weighted by molar-refractivity contribution is -0.146. The van der Waals surface area contributed by atoms with Crippen molar-refractivity contribution in [3.05, 3.63) is 349 Å². The Morgan fingerprint density at radius 2 is 0.685 bits per heavy atom. The van der Waals surface area contributed by atoms with E-state index in [1.807, 2.05) is 190 Å². The summed E-state index contributed by atoms with van der Waals surface area (Å²) in [6.45, 7) is 8.39. The Hall–Kier alpha value is -13.4. The second-order valence-corrected chi connectivity index (χ2v) is 31.2. The van der Waals surface area contributed by atoms with Gasteiger partial charge in [-0.1, -0.05) is 198 Å². The molecule has 7 unspecified atom stereocenters. The third-order valence-electron chi connectivity index (χ3n) is 19.8. The van der Waals surface area contributed by atoms with Crippen LogP contribution >= 0.6 is 27.5 Å². The first-order chi connectivity index (χ1) is 63.0. The first-order valence-electron chi connectivity index (χ1n) is 42.5. The molecule has 0 amide bonds. The molecule has 0 N–H and O–H groups in total. The number of cyclic esters (lactones) is 7. The number of methoxy groups -OCH3 is 5. The van der Waals surface area contributed by atoms with Crippen molar-refractivity contribution in [2.24, 2.45) is 0 Å². The minimum atomic E-state index is -0.410. The highest BCUT2D eigenvalue weighted by Crippen LogP contribution is 2.33. The van der Waals surface area contributed by atoms with Crippen LogP contribution in [0, 0.1) is 12.7 Å². The van der Waals surface area contributed by atoms with Gasteiger partial charge in [0.2, 0.25) is 0 Å². The van der Waals surface area contributed by atoms with Crippen molar-refractivity contribution in [3.63, 3.8) is 0 Å². The van der Waals surface area contributed by atoms with Gasteiger partial charge >= 0.3 is 41.8 Å². The third-order valence-corrected chi connectivity index (χ3v) is 20.6. The Kier molecular flexibility index (Phi) is 42.2. The van der Waals surface area contributed by atoms with E-state index in [4.69, 9.17) is 87.4 Å². The Balaban J connectivity index is 0.000000171. The fourth-order valence-corrected chi connectivity index (χ4v) is 13.6. The van der Waals surface area contributed by atoms with Crippen LogP contribution in [0.15, 0.2) is 294 Å². The van der Waals surface area contributed by atoms with Gasteiger partial charge in [-0.25, -0.2) is 38.0 Å². The molecule has 0 radical (unpaired) electrons. The van der Waals surface area contributed by atoms with E-state index in [1.54, 1.807) is 52.7 Å². The summed E-state index contributed by atoms with van der Waals surface area (Å²) < 4.78 is 97.5. The van der Waals surface area contributed by atoms with Crippen LogP contribution in [0.3, 0.4) is 0 Å². The van der Waals surface area contributed by atoms with Gasteiger partial charge in [0.15, 0.2) is 11.5 Å². The highest BCUT2D eigenvalue weighted by Gasteiger charge is 2.28. The molecule has 15 rings (SSSR count). The lowest BCUT2D eigenvalue weighted by Crippen LogP contribution is -2.24. The Labute approximate surface area is 771 Å². The molecule has 0 spiro atoms. The molecule has 130 heavy (non-hydrogen) atoms. The summed E-state index contributed by atoms with van der Waals surface area (Å²) in [4.78, 5) is 79.3. The molecule has 8 aliphatic heterocycles. The van der Waals surface area contributed by atoms with Crippen molar-refractivity contribution in [2.75, 3.05) is 62.0 Å². The Morgan fingerprint density at radius 3 is 1.05 bits per heavy atom. The Morgan fingerprint density at radius 1 is 0.369 bits per heavy atom. The third kappa shape index (κ3) is 37.5. The number of carbonyl (C=O) groups excluding carboxylic acids is 7. The average molecular weight is 1860 g/mol. The normalized spacial score (nSPS) is 19.6. The van der Waals surface area contributed by atoms with E-state index in [9.17, 15) is 38.0 Å². The van der Waals surface area contributed by atoms with Crippen molar-refractivity contribution in [1.82, 2.24) is 0 Å². The fraction of sp³-hybridized carbons (Fsp3) is 0.298. The van der Waals surface area contributed by atoms with E-state index in [0.717, 1.165) is 87.4 Å². The molecule has 0 fully saturated rings. The predicted molar refractivity (Wildman–Crippen MR) is 496 cm³/mol. The van der Waals surface area contributed by atoms with Crippen molar-refractivity contribution in [1.29, 1.82) is 0 Å². The summed E-state index contributed by atoms with van der Waals surface area (Å²) in [6.07, 6.45) is 35.4. The number of aryl methyl sites for hydroxylation is 3. The number of benzene rings is 7. The molecule has 684 valence electrons. The van der Waals surface area contributed by atoms with E-state index in [1.165, 1.54) is 78.5 Å². The zero-order valence-corrected chi connectivity index (χ0v) is 76.3. The molecule has 26 heteroatoms. The zero-order chi connectivity index (χ0) is 92.8. The number of fused-ring (bicyclic) bond motifs is 1. The lowest BCUT2D eigenvalue weighted by Gasteiger charge is -2.23. The van der Waals surface area contributed by atoms with Crippen molar-refractivity contribution in [3.8, 4) is 11.5 Å². The molecule has 7 aromatic rings. The van der Waals surface area contributed by atoms with Crippen molar-refractivity contribution >= 4 is 99.7 Å². The molecule has 0 saturated heterocycles. The molecule has 8 heterocycles. The van der Waals surface area contributed by atoms with Gasteiger partial charge in [0.05, 0.1) is 91.3 Å². The maximum atomic E-state index is 12.7. The standard InChI is InChI=1S/C16H16O5.C16H20O3.C15H16O3.C15H18O3.C14H13BrO3.C14H13ClO3.C14H13FO3/c1-18-13-9-12(21-16(17)10-13)4-2-11-3-5-14-15(8-11)20-7-6-19-14;1-2-10-18-15-11-14(19-16(17)12-15)9-8-13-6-4-3-5-7-13;1-11-3-5-12(6-4-11)7-8-13-9-14(17-2)10-15(16)18-13;1-2-17-14-10-13(18-15(16)11-14)9-8-12-6-4-3-5-7-12;3*1-17-13-8-12(18-14(16)9-13)7-4-10-2-5-11(15)6-3-10/h2-5,8,10,12H,6-7,9H2,1H3;3-7,12,14H,2,8-11H2,1H3;3-8,10,13H,9H2,1-2H3;3-7,11,13H,2,8-10H2,1H3;3*2-7,9,12H,8H2,1H3/b4-2+;;8-7+;;3*7-4+. The molecular weight excluding hydrogens is 1750 g/mol. The van der Waals surface area contributed by atoms with Crippen LogP contribution in [0.1, 0.15) is 123 Å². The van der Waals surface area contributed by atoms with Crippen LogP contribution in [0.5, 0.6) is 11.5 Å². The van der Waals surface area contributed by atoms with Crippen molar-refractivity contribution in [2.45, 2.75) is 141 Å². The quantitative estimate of drug-likeness (QED) is 0.0360. The summed E-state index contributed by atoms with van der Waals surface area (Å²) in [5.74, 6) is 3.45. The molecule has 23 nitrogen and oxygen atoms in total. The van der Waals surface area contributed by atoms with Gasteiger partial charge in [-0.3, -0.25) is 0 Å². The van der Waals surface area contributed by atoms with Crippen LogP contribution in [0.25, 0.3) is 30.4 Å². The number of esters is 7. The highest BCUT2D eigenvalue weighted by atomic mass is 79.9. The van der Waals surface area contributed by atoms with E-state index < -0.39 is 5.97 Å². The SMILES string of the molecule is CCCOC1=CC(=O)OC(CCc2ccccc2)C1.CCOC1=CC(=O)OC(CCc2ccccc2)C1.COC1=CC(=O)OC(/C=C/c2ccc(Br)cc2)C1.COC1=CC(=O)OC(/C=C/c2ccc(C)cc2)C1.COC1=CC(=O)OC(/C=C/c2ccc(Cl)cc2)C1.COC1=CC(=O)OC(/C=C/c2ccc(F)cc2)C1.COC1=CC(=O)OC(/C=C/c2ccc3c(c2)OCCO3)C1. The lowest BCUT2D eigenvalue weighted by atomic mass is 10.0. The second-order valence-electron chi connectivity index (χ2n) is 29.8. The van der Waals surface area contributed by atoms with Gasteiger partial charge in [-0.2, -0.15) is 0 Å². The van der Waals surface area contributed by atoms with Gasteiger partial charge in [-0.05, 0) is 164 Å². The predicted octanol–water partition coefficient (Wildman–Crippen LogP) is 20.5. The summed E-state index contributed by atoms with van der Waals surface area (Å²) in [7, 11) is 7.73. The average Bonchev–Trinajstić information content (AvgIpc) is 0.837. The topological polar surface area (TPSA) is 267 Å². The number of halogens is 3. The number of hydrogen-bond donors (Lipinski definition) is 0. The molecule has 0 aromatic heterocycles. The van der Waals surface area contributed by atoms with E-state index in [2.05, 4.69) is 47.1 Å². The summed E-state index contributed by atoms with van der Waals surface area (Å²) >= 11 is 9.18. The summed E-state index contributed by atoms with van der Waals surface area (Å²) in [6, 6.07) is 55.7. The minimum Gasteiger partial charge on any atom is -0.501 e. The molecule has 0 saturated carbocycles. The number of ether oxygens (including phenoxy) is 16. The first kappa shape index (κ1) is 100. The van der Waals surface area contributed by atoms with Gasteiger partial charge in [0.25, 0.3) is 0 Å². The smallest absolute Gasteiger partial charge is 0.334 e. The fourth-order valence-electron chi connectivity index (χ4n) is 13.2. The molecule has 0 aliphatic carbocycles. The van der Waals surface area contributed by atoms with Crippen LogP contribution < -0.4 is 9.47 Å². The van der Waals surface area contributed by atoms with Crippen LogP contribution in [0.4, 0.5) is 4.39 Å². The molecule has 7 atom stereocenters. The zero-order valence-electron chi connectivity index (χ0n) is 73.9.